The summed E-state index contributed by atoms with van der Waals surface area (Å²) in [5, 5.41) is -0.0482. The summed E-state index contributed by atoms with van der Waals surface area (Å²) in [6.07, 6.45) is 0.881. The molecule has 0 spiro atoms. The van der Waals surface area contributed by atoms with Crippen molar-refractivity contribution in [3.63, 3.8) is 0 Å². The molecule has 0 bridgehead atoms. The molecule has 2 N–H and O–H groups in total. The zero-order chi connectivity index (χ0) is 13.3. The lowest BCUT2D eigenvalue weighted by atomic mass is 9.40. The molecule has 3 nitrogen and oxygen atoms in total. The van der Waals surface area contributed by atoms with E-state index in [1.807, 2.05) is 15.7 Å². The van der Waals surface area contributed by atoms with Gasteiger partial charge < -0.3 is 15.2 Å². The molecule has 1 heterocycles. The molecule has 18 heavy (non-hydrogen) atoms. The van der Waals surface area contributed by atoms with E-state index in [1.165, 1.54) is 11.1 Å². The highest BCUT2D eigenvalue weighted by molar-refractivity contribution is 6.46. The van der Waals surface area contributed by atoms with Crippen LogP contribution in [0, 0.1) is 0 Å². The third kappa shape index (κ3) is 1.48. The number of benzene rings is 1. The van der Waals surface area contributed by atoms with E-state index in [0.29, 0.717) is 0 Å². The van der Waals surface area contributed by atoms with Crippen molar-refractivity contribution in [1.29, 1.82) is 0 Å². The van der Waals surface area contributed by atoms with Crippen molar-refractivity contribution in [2.75, 3.05) is 0 Å². The zero-order valence-electron chi connectivity index (χ0n) is 11.8. The second-order valence-electron chi connectivity index (χ2n) is 6.78. The molecule has 1 atom stereocenters. The van der Waals surface area contributed by atoms with E-state index >= 15 is 0 Å². The topological polar surface area (TPSA) is 44.5 Å². The predicted molar refractivity (Wildman–Crippen MR) is 85.4 cm³/mol. The Kier molecular flexibility index (Phi) is 2.13. The fraction of sp³-hybridized carbons (Fsp3) is 0.400. The van der Waals surface area contributed by atoms with E-state index in [1.54, 1.807) is 0 Å². The first kappa shape index (κ1) is 12.2. The van der Waals surface area contributed by atoms with E-state index in [4.69, 9.17) is 15.2 Å². The molecular weight excluding hydrogens is 220 g/mol. The maximum absolute atomic E-state index is 6.44. The summed E-state index contributed by atoms with van der Waals surface area (Å²) in [5.74, 6) is 1.68. The summed E-state index contributed by atoms with van der Waals surface area (Å²) in [5.41, 5.74) is 8.22. The van der Waals surface area contributed by atoms with E-state index in [2.05, 4.69) is 35.7 Å². The molecule has 1 aliphatic carbocycles. The van der Waals surface area contributed by atoms with Crippen molar-refractivity contribution in [2.24, 2.45) is 5.73 Å². The third-order valence-corrected chi connectivity index (χ3v) is 4.54. The SMILES string of the molecule is BC1(B)Oc2cc3c(cc2O1)C(B)(B)C(B)(N)C3. The summed E-state index contributed by atoms with van der Waals surface area (Å²) in [7, 11) is 10.4. The molecule has 0 radical (unpaired) electrons. The van der Waals surface area contributed by atoms with Gasteiger partial charge in [0, 0.05) is 0 Å². The van der Waals surface area contributed by atoms with Gasteiger partial charge in [-0.2, -0.15) is 0 Å². The van der Waals surface area contributed by atoms with Gasteiger partial charge in [0.1, 0.15) is 23.5 Å². The van der Waals surface area contributed by atoms with Crippen LogP contribution in [0.2, 0.25) is 0 Å². The Morgan fingerprint density at radius 1 is 1.00 bits per heavy atom. The largest absolute Gasteiger partial charge is 0.467 e. The Balaban J connectivity index is 2.13. The van der Waals surface area contributed by atoms with Gasteiger partial charge in [-0.1, -0.05) is 5.21 Å². The molecule has 1 unspecified atom stereocenters. The normalized spacial score (nSPS) is 30.1. The van der Waals surface area contributed by atoms with Crippen LogP contribution >= 0.6 is 0 Å². The Morgan fingerprint density at radius 3 is 2.17 bits per heavy atom. The molecule has 88 valence electrons. The molecular formula is C10H16B5NO2. The third-order valence-electron chi connectivity index (χ3n) is 4.54. The van der Waals surface area contributed by atoms with E-state index < -0.39 is 5.59 Å². The van der Waals surface area contributed by atoms with Gasteiger partial charge in [0.15, 0.2) is 32.8 Å². The number of rotatable bonds is 0. The maximum atomic E-state index is 6.44. The van der Waals surface area contributed by atoms with Gasteiger partial charge in [-0.3, -0.25) is 0 Å². The monoisotopic (exact) mass is 237 g/mol. The zero-order valence-corrected chi connectivity index (χ0v) is 11.8. The number of hydrogen-bond donors (Lipinski definition) is 1. The second kappa shape index (κ2) is 3.16. The molecule has 0 saturated carbocycles. The highest BCUT2D eigenvalue weighted by Gasteiger charge is 2.47. The Labute approximate surface area is 112 Å². The van der Waals surface area contributed by atoms with Crippen molar-refractivity contribution in [1.82, 2.24) is 0 Å². The van der Waals surface area contributed by atoms with Gasteiger partial charge in [0.25, 0.3) is 0 Å². The first-order valence-electron chi connectivity index (χ1n) is 6.47. The van der Waals surface area contributed by atoms with Crippen LogP contribution < -0.4 is 15.2 Å². The summed E-state index contributed by atoms with van der Waals surface area (Å²) in [6.45, 7) is 0. The quantitative estimate of drug-likeness (QED) is 0.463. The van der Waals surface area contributed by atoms with Crippen molar-refractivity contribution >= 4 is 39.2 Å². The first-order chi connectivity index (χ1) is 8.12. The Morgan fingerprint density at radius 2 is 1.56 bits per heavy atom. The van der Waals surface area contributed by atoms with Gasteiger partial charge in [-0.15, -0.1) is 0 Å². The van der Waals surface area contributed by atoms with Crippen molar-refractivity contribution < 1.29 is 9.47 Å². The molecule has 0 saturated heterocycles. The average Bonchev–Trinajstić information content (AvgIpc) is 2.55. The van der Waals surface area contributed by atoms with Crippen LogP contribution in [0.15, 0.2) is 12.1 Å². The van der Waals surface area contributed by atoms with Crippen LogP contribution in [0.1, 0.15) is 11.1 Å². The predicted octanol–water partition coefficient (Wildman–Crippen LogP) is -4.40. The second-order valence-corrected chi connectivity index (χ2v) is 6.78. The number of nitrogens with two attached hydrogens (primary N) is 1. The fourth-order valence-corrected chi connectivity index (χ4v) is 2.96. The minimum absolute atomic E-state index is 0.0482. The van der Waals surface area contributed by atoms with E-state index in [0.717, 1.165) is 17.9 Å². The van der Waals surface area contributed by atoms with Crippen LogP contribution in [0.4, 0.5) is 0 Å². The molecule has 0 amide bonds. The standard InChI is InChI=1S/C10H16B5NO2/c11-8(16)3-4-1-6-7(18-10(14,15)17-6)2-5(4)9(8,12)13/h1-2H,3,11-16H2. The summed E-state index contributed by atoms with van der Waals surface area (Å²) in [4.78, 5) is 0. The highest BCUT2D eigenvalue weighted by Crippen LogP contribution is 2.47. The Hall–Kier alpha value is -0.895. The van der Waals surface area contributed by atoms with Gasteiger partial charge >= 0.3 is 0 Å². The van der Waals surface area contributed by atoms with Crippen LogP contribution in [0.25, 0.3) is 0 Å². The molecule has 1 aromatic carbocycles. The van der Waals surface area contributed by atoms with Gasteiger partial charge in [0.2, 0.25) is 0 Å². The van der Waals surface area contributed by atoms with Crippen LogP contribution in [-0.2, 0) is 11.6 Å². The van der Waals surface area contributed by atoms with Gasteiger partial charge in [0.05, 0.1) is 0 Å². The van der Waals surface area contributed by atoms with Crippen LogP contribution in [0.5, 0.6) is 11.5 Å². The molecule has 1 aliphatic heterocycles. The maximum Gasteiger partial charge on any atom is 0.197 e. The van der Waals surface area contributed by atoms with E-state index in [9.17, 15) is 0 Å². The molecule has 0 aromatic heterocycles. The van der Waals surface area contributed by atoms with Crippen LogP contribution in [0.3, 0.4) is 0 Å². The summed E-state index contributed by atoms with van der Waals surface area (Å²) in [6, 6.07) is 4.21. The van der Waals surface area contributed by atoms with Crippen molar-refractivity contribution in [3.05, 3.63) is 23.3 Å². The van der Waals surface area contributed by atoms with Crippen molar-refractivity contribution in [2.45, 2.75) is 22.7 Å². The molecule has 0 fully saturated rings. The van der Waals surface area contributed by atoms with Gasteiger partial charge in [-0.25, -0.2) is 0 Å². The molecule has 2 aliphatic rings. The minimum Gasteiger partial charge on any atom is -0.467 e. The minimum atomic E-state index is -0.562. The fourth-order valence-electron chi connectivity index (χ4n) is 2.96. The smallest absolute Gasteiger partial charge is 0.197 e. The average molecular weight is 236 g/mol. The van der Waals surface area contributed by atoms with E-state index in [-0.39, 0.29) is 10.7 Å². The highest BCUT2D eigenvalue weighted by atomic mass is 16.7. The molecule has 3 rings (SSSR count). The number of hydrogen-bond acceptors (Lipinski definition) is 3. The summed E-state index contributed by atoms with van der Waals surface area (Å²) >= 11 is 0. The molecule has 1 aromatic rings. The number of ether oxygens (including phenoxy) is 2. The lowest BCUT2D eigenvalue weighted by Crippen LogP contribution is -2.57. The van der Waals surface area contributed by atoms with Crippen LogP contribution in [-0.4, -0.2) is 50.3 Å². The lowest BCUT2D eigenvalue weighted by Gasteiger charge is -2.36. The van der Waals surface area contributed by atoms with Crippen molar-refractivity contribution in [3.8, 4) is 11.5 Å². The van der Waals surface area contributed by atoms with Gasteiger partial charge in [-0.05, 0) is 35.1 Å². The summed E-state index contributed by atoms with van der Waals surface area (Å²) < 4.78 is 11.6. The molecule has 8 heteroatoms. The number of fused-ring (bicyclic) bond motifs is 2. The first-order valence-corrected chi connectivity index (χ1v) is 6.47. The lowest BCUT2D eigenvalue weighted by molar-refractivity contribution is 0.0833. The Bertz CT molecular complexity index is 543.